The highest BCUT2D eigenvalue weighted by molar-refractivity contribution is 9.10. The third-order valence-corrected chi connectivity index (χ3v) is 2.67. The molecule has 1 aromatic rings. The van der Waals surface area contributed by atoms with E-state index in [0.717, 1.165) is 0 Å². The lowest BCUT2D eigenvalue weighted by atomic mass is 10.1. The van der Waals surface area contributed by atoms with Gasteiger partial charge < -0.3 is 15.6 Å². The molecule has 2 unspecified atom stereocenters. The minimum atomic E-state index is -1.14. The monoisotopic (exact) mass is 288 g/mol. The summed E-state index contributed by atoms with van der Waals surface area (Å²) in [5.41, 5.74) is 6.04. The van der Waals surface area contributed by atoms with Gasteiger partial charge in [-0.1, -0.05) is 6.07 Å². The van der Waals surface area contributed by atoms with Crippen molar-refractivity contribution in [2.45, 2.75) is 19.1 Å². The maximum absolute atomic E-state index is 11.3. The summed E-state index contributed by atoms with van der Waals surface area (Å²) in [5.74, 6) is -0.634. The highest BCUT2D eigenvalue weighted by Gasteiger charge is 2.26. The molecule has 0 aromatic carbocycles. The van der Waals surface area contributed by atoms with E-state index in [9.17, 15) is 9.90 Å². The summed E-state index contributed by atoms with van der Waals surface area (Å²) in [7, 11) is 0. The third-order valence-electron chi connectivity index (χ3n) is 2.01. The maximum atomic E-state index is 11.3. The molecular formula is C10H13BrN2O3. The quantitative estimate of drug-likeness (QED) is 0.631. The first-order valence-electron chi connectivity index (χ1n) is 4.78. The standard InChI is InChI=1S/C10H13BrN2O3/c1-2-16-10(15)7(12)8(14)6-4-3-5-13-9(6)11/h3-5,7-8,14H,2,12H2,1H3. The van der Waals surface area contributed by atoms with Crippen LogP contribution in [0.5, 0.6) is 0 Å². The minimum absolute atomic E-state index is 0.230. The Morgan fingerprint density at radius 1 is 1.75 bits per heavy atom. The predicted molar refractivity (Wildman–Crippen MR) is 61.5 cm³/mol. The third kappa shape index (κ3) is 3.01. The second-order valence-corrected chi connectivity index (χ2v) is 3.86. The van der Waals surface area contributed by atoms with Gasteiger partial charge in [-0.3, -0.25) is 4.79 Å². The van der Waals surface area contributed by atoms with Crippen molar-refractivity contribution in [3.8, 4) is 0 Å². The molecule has 0 aliphatic heterocycles. The van der Waals surface area contributed by atoms with E-state index in [1.807, 2.05) is 0 Å². The molecule has 0 saturated heterocycles. The van der Waals surface area contributed by atoms with Gasteiger partial charge in [-0.25, -0.2) is 4.98 Å². The van der Waals surface area contributed by atoms with Crippen LogP contribution in [-0.2, 0) is 9.53 Å². The van der Waals surface area contributed by atoms with Crippen molar-refractivity contribution >= 4 is 21.9 Å². The lowest BCUT2D eigenvalue weighted by molar-refractivity contribution is -0.147. The average molecular weight is 289 g/mol. The van der Waals surface area contributed by atoms with E-state index >= 15 is 0 Å². The molecule has 0 aliphatic carbocycles. The van der Waals surface area contributed by atoms with Gasteiger partial charge in [0.25, 0.3) is 0 Å². The summed E-state index contributed by atoms with van der Waals surface area (Å²) in [6.45, 7) is 1.91. The summed E-state index contributed by atoms with van der Waals surface area (Å²) < 4.78 is 5.19. The van der Waals surface area contributed by atoms with Gasteiger partial charge in [-0.05, 0) is 28.9 Å². The highest BCUT2D eigenvalue weighted by atomic mass is 79.9. The Bertz CT molecular complexity index is 373. The zero-order valence-electron chi connectivity index (χ0n) is 8.76. The van der Waals surface area contributed by atoms with Crippen molar-refractivity contribution in [2.75, 3.05) is 6.61 Å². The van der Waals surface area contributed by atoms with Gasteiger partial charge in [-0.2, -0.15) is 0 Å². The van der Waals surface area contributed by atoms with E-state index in [4.69, 9.17) is 10.5 Å². The molecule has 0 spiro atoms. The van der Waals surface area contributed by atoms with Gasteiger partial charge >= 0.3 is 5.97 Å². The van der Waals surface area contributed by atoms with Crippen LogP contribution in [0.2, 0.25) is 0 Å². The molecule has 0 bridgehead atoms. The van der Waals surface area contributed by atoms with Crippen LogP contribution in [0.25, 0.3) is 0 Å². The van der Waals surface area contributed by atoms with E-state index in [2.05, 4.69) is 20.9 Å². The number of carbonyl (C=O) groups excluding carboxylic acids is 1. The second kappa shape index (κ2) is 5.93. The Morgan fingerprint density at radius 3 is 3.00 bits per heavy atom. The Morgan fingerprint density at radius 2 is 2.44 bits per heavy atom. The van der Waals surface area contributed by atoms with E-state index in [1.165, 1.54) is 0 Å². The summed E-state index contributed by atoms with van der Waals surface area (Å²) in [4.78, 5) is 15.3. The largest absolute Gasteiger partial charge is 0.465 e. The molecule has 88 valence electrons. The number of nitrogens with zero attached hydrogens (tertiary/aromatic N) is 1. The molecule has 0 fully saturated rings. The number of hydrogen-bond donors (Lipinski definition) is 2. The fourth-order valence-corrected chi connectivity index (χ4v) is 1.66. The van der Waals surface area contributed by atoms with Gasteiger partial charge in [0.15, 0.2) is 0 Å². The normalized spacial score (nSPS) is 14.2. The van der Waals surface area contributed by atoms with Crippen molar-refractivity contribution in [3.63, 3.8) is 0 Å². The Balaban J connectivity index is 2.82. The summed E-state index contributed by atoms with van der Waals surface area (Å²) >= 11 is 3.17. The molecule has 6 heteroatoms. The molecule has 0 amide bonds. The lowest BCUT2D eigenvalue weighted by Gasteiger charge is -2.18. The van der Waals surface area contributed by atoms with Crippen molar-refractivity contribution in [1.29, 1.82) is 0 Å². The number of ether oxygens (including phenoxy) is 1. The molecule has 0 aliphatic rings. The second-order valence-electron chi connectivity index (χ2n) is 3.11. The Labute approximate surface area is 102 Å². The minimum Gasteiger partial charge on any atom is -0.465 e. The van der Waals surface area contributed by atoms with E-state index in [0.29, 0.717) is 10.2 Å². The average Bonchev–Trinajstić information content (AvgIpc) is 2.28. The number of aliphatic hydroxyl groups is 1. The molecule has 16 heavy (non-hydrogen) atoms. The number of carbonyl (C=O) groups is 1. The Kier molecular flexibility index (Phi) is 4.85. The molecular weight excluding hydrogens is 276 g/mol. The van der Waals surface area contributed by atoms with Crippen LogP contribution >= 0.6 is 15.9 Å². The van der Waals surface area contributed by atoms with Crippen LogP contribution in [0.15, 0.2) is 22.9 Å². The molecule has 1 aromatic heterocycles. The van der Waals surface area contributed by atoms with E-state index in [-0.39, 0.29) is 6.61 Å². The maximum Gasteiger partial charge on any atom is 0.325 e. The molecule has 1 rings (SSSR count). The van der Waals surface area contributed by atoms with Crippen LogP contribution in [0.4, 0.5) is 0 Å². The first-order chi connectivity index (χ1) is 7.57. The molecule has 0 radical (unpaired) electrons. The smallest absolute Gasteiger partial charge is 0.325 e. The molecule has 0 saturated carbocycles. The molecule has 3 N–H and O–H groups in total. The van der Waals surface area contributed by atoms with Crippen molar-refractivity contribution in [1.82, 2.24) is 4.98 Å². The van der Waals surface area contributed by atoms with Crippen LogP contribution in [0.3, 0.4) is 0 Å². The van der Waals surface area contributed by atoms with Gasteiger partial charge in [0.05, 0.1) is 6.61 Å². The van der Waals surface area contributed by atoms with Crippen molar-refractivity contribution < 1.29 is 14.6 Å². The van der Waals surface area contributed by atoms with E-state index < -0.39 is 18.1 Å². The van der Waals surface area contributed by atoms with Gasteiger partial charge in [0.2, 0.25) is 0 Å². The van der Waals surface area contributed by atoms with Crippen LogP contribution in [0, 0.1) is 0 Å². The fraction of sp³-hybridized carbons (Fsp3) is 0.400. The number of aliphatic hydroxyl groups excluding tert-OH is 1. The number of rotatable bonds is 4. The predicted octanol–water partition coefficient (Wildman–Crippen LogP) is 0.768. The number of hydrogen-bond acceptors (Lipinski definition) is 5. The molecule has 5 nitrogen and oxygen atoms in total. The van der Waals surface area contributed by atoms with Crippen LogP contribution in [0.1, 0.15) is 18.6 Å². The number of aromatic nitrogens is 1. The number of halogens is 1. The van der Waals surface area contributed by atoms with Crippen LogP contribution < -0.4 is 5.73 Å². The van der Waals surface area contributed by atoms with Gasteiger partial charge in [0, 0.05) is 11.8 Å². The Hall–Kier alpha value is -0.980. The number of nitrogens with two attached hydrogens (primary N) is 1. The van der Waals surface area contributed by atoms with Crippen LogP contribution in [-0.4, -0.2) is 28.7 Å². The zero-order chi connectivity index (χ0) is 12.1. The molecule has 1 heterocycles. The SMILES string of the molecule is CCOC(=O)C(N)C(O)c1cccnc1Br. The fourth-order valence-electron chi connectivity index (χ4n) is 1.18. The molecule has 2 atom stereocenters. The van der Waals surface area contributed by atoms with E-state index in [1.54, 1.807) is 25.3 Å². The topological polar surface area (TPSA) is 85.4 Å². The first-order valence-corrected chi connectivity index (χ1v) is 5.58. The summed E-state index contributed by atoms with van der Waals surface area (Å²) in [6, 6.07) is 2.18. The first kappa shape index (κ1) is 13.1. The van der Waals surface area contributed by atoms with Gasteiger partial charge in [-0.15, -0.1) is 0 Å². The zero-order valence-corrected chi connectivity index (χ0v) is 10.3. The highest BCUT2D eigenvalue weighted by Crippen LogP contribution is 2.23. The van der Waals surface area contributed by atoms with Crippen molar-refractivity contribution in [3.05, 3.63) is 28.5 Å². The summed E-state index contributed by atoms with van der Waals surface area (Å²) in [5, 5.41) is 9.87. The summed E-state index contributed by atoms with van der Waals surface area (Å²) in [6.07, 6.45) is 0.429. The lowest BCUT2D eigenvalue weighted by Crippen LogP contribution is -2.38. The number of esters is 1. The van der Waals surface area contributed by atoms with Gasteiger partial charge in [0.1, 0.15) is 16.7 Å². The number of pyridine rings is 1. The van der Waals surface area contributed by atoms with Crippen molar-refractivity contribution in [2.24, 2.45) is 5.73 Å².